The summed E-state index contributed by atoms with van der Waals surface area (Å²) in [4.78, 5) is 29.3. The first-order valence-corrected chi connectivity index (χ1v) is 15.5. The lowest BCUT2D eigenvalue weighted by Crippen LogP contribution is -2.53. The van der Waals surface area contributed by atoms with E-state index in [-0.39, 0.29) is 23.8 Å². The Morgan fingerprint density at radius 3 is 2.05 bits per heavy atom. The Labute approximate surface area is 252 Å². The van der Waals surface area contributed by atoms with Gasteiger partial charge in [0, 0.05) is 24.5 Å². The molecule has 4 aromatic carbocycles. The van der Waals surface area contributed by atoms with E-state index in [1.807, 2.05) is 44.2 Å². The Kier molecular flexibility index (Phi) is 10.4. The van der Waals surface area contributed by atoms with Gasteiger partial charge in [0.1, 0.15) is 12.6 Å². The summed E-state index contributed by atoms with van der Waals surface area (Å²) in [7, 11) is -4.13. The van der Waals surface area contributed by atoms with Gasteiger partial charge in [0.15, 0.2) is 0 Å². The quantitative estimate of drug-likeness (QED) is 0.228. The van der Waals surface area contributed by atoms with Crippen molar-refractivity contribution in [3.63, 3.8) is 0 Å². The second-order valence-corrected chi connectivity index (χ2v) is 12.1. The van der Waals surface area contributed by atoms with E-state index in [1.54, 1.807) is 66.7 Å². The Hall–Kier alpha value is -4.14. The summed E-state index contributed by atoms with van der Waals surface area (Å²) in [5.74, 6) is -0.878. The monoisotopic (exact) mass is 603 g/mol. The van der Waals surface area contributed by atoms with Gasteiger partial charge in [0.2, 0.25) is 11.8 Å². The third kappa shape index (κ3) is 7.57. The highest BCUT2D eigenvalue weighted by atomic mass is 35.5. The normalized spacial score (nSPS) is 11.9. The molecule has 0 spiro atoms. The van der Waals surface area contributed by atoms with E-state index in [9.17, 15) is 18.0 Å². The predicted molar refractivity (Wildman–Crippen MR) is 167 cm³/mol. The van der Waals surface area contributed by atoms with Crippen LogP contribution < -0.4 is 9.62 Å². The van der Waals surface area contributed by atoms with Crippen molar-refractivity contribution < 1.29 is 18.0 Å². The van der Waals surface area contributed by atoms with Crippen molar-refractivity contribution in [2.24, 2.45) is 0 Å². The van der Waals surface area contributed by atoms with Gasteiger partial charge in [-0.1, -0.05) is 96.0 Å². The first kappa shape index (κ1) is 30.8. The first-order valence-electron chi connectivity index (χ1n) is 13.7. The highest BCUT2D eigenvalue weighted by Gasteiger charge is 2.34. The molecule has 0 radical (unpaired) electrons. The molecule has 0 aromatic heterocycles. The highest BCUT2D eigenvalue weighted by Crippen LogP contribution is 2.26. The maximum absolute atomic E-state index is 14.3. The maximum Gasteiger partial charge on any atom is 0.264 e. The number of nitrogens with zero attached hydrogens (tertiary/aromatic N) is 2. The lowest BCUT2D eigenvalue weighted by Gasteiger charge is -2.34. The molecule has 4 rings (SSSR count). The third-order valence-electron chi connectivity index (χ3n) is 6.85. The van der Waals surface area contributed by atoms with Gasteiger partial charge >= 0.3 is 0 Å². The molecule has 1 N–H and O–H groups in total. The minimum atomic E-state index is -4.13. The summed E-state index contributed by atoms with van der Waals surface area (Å²) in [6.45, 7) is 3.58. The number of likely N-dealkylation sites (N-methyl/N-ethyl adjacent to an activating group) is 1. The number of hydrogen-bond acceptors (Lipinski definition) is 4. The number of aryl methyl sites for hydroxylation is 1. The number of sulfonamides is 1. The molecular formula is C33H34ClN3O4S. The molecule has 0 heterocycles. The van der Waals surface area contributed by atoms with E-state index in [2.05, 4.69) is 5.32 Å². The summed E-state index contributed by atoms with van der Waals surface area (Å²) in [5, 5.41) is 3.29. The zero-order chi connectivity index (χ0) is 30.1. The number of benzene rings is 4. The summed E-state index contributed by atoms with van der Waals surface area (Å²) in [5.41, 5.74) is 2.79. The van der Waals surface area contributed by atoms with Crippen LogP contribution in [0.25, 0.3) is 0 Å². The lowest BCUT2D eigenvalue weighted by molar-refractivity contribution is -0.140. The van der Waals surface area contributed by atoms with Gasteiger partial charge < -0.3 is 10.2 Å². The predicted octanol–water partition coefficient (Wildman–Crippen LogP) is 5.62. The van der Waals surface area contributed by atoms with E-state index >= 15 is 0 Å². The largest absolute Gasteiger partial charge is 0.355 e. The Morgan fingerprint density at radius 2 is 1.43 bits per heavy atom. The van der Waals surface area contributed by atoms with Gasteiger partial charge in [-0.2, -0.15) is 0 Å². The number of carbonyl (C=O) groups is 2. The van der Waals surface area contributed by atoms with Gasteiger partial charge in [-0.05, 0) is 55.3 Å². The number of rotatable bonds is 12. The second-order valence-electron chi connectivity index (χ2n) is 9.87. The number of anilines is 1. The van der Waals surface area contributed by atoms with Crippen molar-refractivity contribution in [3.05, 3.63) is 131 Å². The average Bonchev–Trinajstić information content (AvgIpc) is 3.00. The molecule has 1 atom stereocenters. The van der Waals surface area contributed by atoms with Crippen LogP contribution in [0.15, 0.2) is 114 Å². The third-order valence-corrected chi connectivity index (χ3v) is 9.01. The van der Waals surface area contributed by atoms with Crippen molar-refractivity contribution in [2.45, 2.75) is 37.8 Å². The van der Waals surface area contributed by atoms with Crippen LogP contribution in [0.4, 0.5) is 5.69 Å². The zero-order valence-electron chi connectivity index (χ0n) is 23.6. The molecule has 0 saturated heterocycles. The lowest BCUT2D eigenvalue weighted by atomic mass is 10.0. The van der Waals surface area contributed by atoms with Crippen molar-refractivity contribution in [2.75, 3.05) is 17.4 Å². The minimum absolute atomic E-state index is 0.0142. The van der Waals surface area contributed by atoms with Crippen molar-refractivity contribution >= 4 is 39.1 Å². The van der Waals surface area contributed by atoms with Gasteiger partial charge in [-0.25, -0.2) is 8.42 Å². The average molecular weight is 604 g/mol. The molecule has 0 bridgehead atoms. The van der Waals surface area contributed by atoms with Crippen molar-refractivity contribution in [1.29, 1.82) is 0 Å². The zero-order valence-corrected chi connectivity index (χ0v) is 25.2. The molecule has 9 heteroatoms. The van der Waals surface area contributed by atoms with Crippen LogP contribution in [0.5, 0.6) is 0 Å². The number of hydrogen-bond donors (Lipinski definition) is 1. The van der Waals surface area contributed by atoms with E-state index < -0.39 is 28.5 Å². The summed E-state index contributed by atoms with van der Waals surface area (Å²) < 4.78 is 29.0. The number of amides is 2. The van der Waals surface area contributed by atoms with E-state index in [0.29, 0.717) is 22.8 Å². The van der Waals surface area contributed by atoms with Crippen LogP contribution in [0.1, 0.15) is 23.6 Å². The number of halogens is 1. The van der Waals surface area contributed by atoms with E-state index in [1.165, 1.54) is 17.0 Å². The van der Waals surface area contributed by atoms with Crippen LogP contribution in [0, 0.1) is 6.92 Å². The highest BCUT2D eigenvalue weighted by molar-refractivity contribution is 7.92. The molecule has 0 aliphatic carbocycles. The summed E-state index contributed by atoms with van der Waals surface area (Å²) >= 11 is 6.50. The molecule has 42 heavy (non-hydrogen) atoms. The molecule has 0 aliphatic rings. The molecule has 0 aliphatic heterocycles. The van der Waals surface area contributed by atoms with Crippen LogP contribution in [-0.4, -0.2) is 44.3 Å². The van der Waals surface area contributed by atoms with E-state index in [0.717, 1.165) is 15.4 Å². The molecule has 2 amide bonds. The number of nitrogens with one attached hydrogen (secondary N) is 1. The minimum Gasteiger partial charge on any atom is -0.355 e. The maximum atomic E-state index is 14.3. The van der Waals surface area contributed by atoms with Gasteiger partial charge in [0.05, 0.1) is 10.6 Å². The Morgan fingerprint density at radius 1 is 0.833 bits per heavy atom. The molecule has 4 aromatic rings. The molecule has 0 fully saturated rings. The van der Waals surface area contributed by atoms with Gasteiger partial charge in [0.25, 0.3) is 10.0 Å². The van der Waals surface area contributed by atoms with Crippen LogP contribution >= 0.6 is 11.6 Å². The smallest absolute Gasteiger partial charge is 0.264 e. The molecule has 218 valence electrons. The van der Waals surface area contributed by atoms with Crippen LogP contribution in [-0.2, 0) is 32.6 Å². The molecule has 7 nitrogen and oxygen atoms in total. The van der Waals surface area contributed by atoms with Crippen molar-refractivity contribution in [3.8, 4) is 0 Å². The second kappa shape index (κ2) is 14.2. The fraction of sp³-hybridized carbons (Fsp3) is 0.212. The summed E-state index contributed by atoms with van der Waals surface area (Å²) in [6.07, 6.45) is 0.235. The summed E-state index contributed by atoms with van der Waals surface area (Å²) in [6, 6.07) is 30.5. The van der Waals surface area contributed by atoms with Gasteiger partial charge in [-0.15, -0.1) is 0 Å². The van der Waals surface area contributed by atoms with E-state index in [4.69, 9.17) is 11.6 Å². The van der Waals surface area contributed by atoms with Crippen LogP contribution in [0.2, 0.25) is 5.02 Å². The molecule has 1 unspecified atom stereocenters. The standard InChI is InChI=1S/C33H34ClN3O4S/c1-3-35-33(39)31(22-26-12-6-4-7-13-26)36(23-27-14-10-11-17-30(27)34)32(38)24-37(28-20-18-25(2)19-21-28)42(40,41)29-15-8-5-9-16-29/h4-21,31H,3,22-24H2,1-2H3,(H,35,39). The Bertz CT molecular complexity index is 1600. The molecular weight excluding hydrogens is 570 g/mol. The molecule has 0 saturated carbocycles. The fourth-order valence-corrected chi connectivity index (χ4v) is 6.25. The first-order chi connectivity index (χ1) is 20.2. The van der Waals surface area contributed by atoms with Gasteiger partial charge in [-0.3, -0.25) is 13.9 Å². The SMILES string of the molecule is CCNC(=O)C(Cc1ccccc1)N(Cc1ccccc1Cl)C(=O)CN(c1ccc(C)cc1)S(=O)(=O)c1ccccc1. The number of carbonyl (C=O) groups excluding carboxylic acids is 2. The Balaban J connectivity index is 1.79. The fourth-order valence-electron chi connectivity index (χ4n) is 4.62. The topological polar surface area (TPSA) is 86.8 Å². The van der Waals surface area contributed by atoms with Crippen LogP contribution in [0.3, 0.4) is 0 Å². The van der Waals surface area contributed by atoms with Crippen molar-refractivity contribution in [1.82, 2.24) is 10.2 Å².